The van der Waals surface area contributed by atoms with Crippen molar-refractivity contribution in [2.24, 2.45) is 0 Å². The Hall–Kier alpha value is -4.79. The zero-order valence-electron chi connectivity index (χ0n) is 17.2. The van der Waals surface area contributed by atoms with Crippen molar-refractivity contribution in [3.63, 3.8) is 0 Å². The molecule has 0 radical (unpaired) electrons. The molecule has 3 aromatic rings. The van der Waals surface area contributed by atoms with Crippen LogP contribution in [-0.4, -0.2) is 24.2 Å². The number of hydrogen-bond acceptors (Lipinski definition) is 5. The highest BCUT2D eigenvalue weighted by Gasteiger charge is 1.97. The van der Waals surface area contributed by atoms with Crippen LogP contribution in [-0.2, 0) is 9.53 Å². The topological polar surface area (TPSA) is 72.2 Å². The molecule has 3 rings (SSSR count). The van der Waals surface area contributed by atoms with Crippen molar-refractivity contribution < 1.29 is 14.3 Å². The second kappa shape index (κ2) is 11.4. The molecule has 0 saturated carbocycles. The number of benzene rings is 2. The molecule has 5 nitrogen and oxygen atoms in total. The van der Waals surface area contributed by atoms with Crippen molar-refractivity contribution in [2.75, 3.05) is 13.2 Å². The maximum absolute atomic E-state index is 11.0. The Kier molecular flexibility index (Phi) is 7.81. The molecule has 2 aromatic carbocycles. The summed E-state index contributed by atoms with van der Waals surface area (Å²) >= 11 is 0. The fourth-order valence-electron chi connectivity index (χ4n) is 2.45. The lowest BCUT2D eigenvalue weighted by atomic mass is 10.1. The molecular weight excluding hydrogens is 400 g/mol. The van der Waals surface area contributed by atoms with Gasteiger partial charge in [0.2, 0.25) is 0 Å². The number of pyridine rings is 1. The largest absolute Gasteiger partial charge is 0.490 e. The second-order valence-corrected chi connectivity index (χ2v) is 6.37. The SMILES string of the molecule is C=CC(=O)OCCOc1ccc(C#Cc2ccc(C#Cc3ccc(C#N)cc3)nc2)cc1. The van der Waals surface area contributed by atoms with E-state index in [0.29, 0.717) is 17.0 Å². The highest BCUT2D eigenvalue weighted by atomic mass is 16.6. The van der Waals surface area contributed by atoms with E-state index in [1.807, 2.05) is 24.3 Å². The van der Waals surface area contributed by atoms with E-state index in [0.717, 1.165) is 22.8 Å². The average molecular weight is 418 g/mol. The van der Waals surface area contributed by atoms with E-state index >= 15 is 0 Å². The zero-order chi connectivity index (χ0) is 22.6. The van der Waals surface area contributed by atoms with Crippen molar-refractivity contribution in [2.45, 2.75) is 0 Å². The highest BCUT2D eigenvalue weighted by molar-refractivity contribution is 5.81. The molecule has 1 aromatic heterocycles. The molecule has 0 unspecified atom stereocenters. The first kappa shape index (κ1) is 21.9. The number of nitrogens with zero attached hydrogens (tertiary/aromatic N) is 2. The summed E-state index contributed by atoms with van der Waals surface area (Å²) in [5.74, 6) is 12.4. The molecule has 0 spiro atoms. The minimum atomic E-state index is -0.472. The lowest BCUT2D eigenvalue weighted by Gasteiger charge is -2.06. The van der Waals surface area contributed by atoms with E-state index in [9.17, 15) is 4.79 Å². The molecule has 0 saturated heterocycles. The minimum absolute atomic E-state index is 0.160. The van der Waals surface area contributed by atoms with Gasteiger partial charge in [0.05, 0.1) is 11.6 Å². The van der Waals surface area contributed by atoms with E-state index in [-0.39, 0.29) is 13.2 Å². The van der Waals surface area contributed by atoms with Gasteiger partial charge in [-0.1, -0.05) is 24.3 Å². The third-order valence-electron chi connectivity index (χ3n) is 4.08. The molecule has 154 valence electrons. The van der Waals surface area contributed by atoms with Crippen LogP contribution in [0.3, 0.4) is 0 Å². The summed E-state index contributed by atoms with van der Waals surface area (Å²) in [6.45, 7) is 3.75. The third kappa shape index (κ3) is 6.92. The van der Waals surface area contributed by atoms with Crippen LogP contribution in [0, 0.1) is 35.0 Å². The van der Waals surface area contributed by atoms with Crippen molar-refractivity contribution >= 4 is 5.97 Å². The van der Waals surface area contributed by atoms with E-state index in [1.54, 1.807) is 42.6 Å². The van der Waals surface area contributed by atoms with Crippen LogP contribution in [0.25, 0.3) is 0 Å². The van der Waals surface area contributed by atoms with E-state index in [1.165, 1.54) is 0 Å². The molecule has 5 heteroatoms. The summed E-state index contributed by atoms with van der Waals surface area (Å²) in [6, 6.07) is 20.1. The average Bonchev–Trinajstić information content (AvgIpc) is 2.85. The number of nitriles is 1. The van der Waals surface area contributed by atoms with E-state index in [4.69, 9.17) is 14.7 Å². The van der Waals surface area contributed by atoms with E-state index < -0.39 is 5.97 Å². The van der Waals surface area contributed by atoms with Gasteiger partial charge in [-0.15, -0.1) is 0 Å². The Morgan fingerprint density at radius 3 is 2.06 bits per heavy atom. The molecule has 0 atom stereocenters. The van der Waals surface area contributed by atoms with Gasteiger partial charge in [0, 0.05) is 29.0 Å². The third-order valence-corrected chi connectivity index (χ3v) is 4.08. The van der Waals surface area contributed by atoms with Crippen molar-refractivity contribution in [1.82, 2.24) is 4.98 Å². The monoisotopic (exact) mass is 418 g/mol. The number of carbonyl (C=O) groups excluding carboxylic acids is 1. The normalized spacial score (nSPS) is 9.22. The molecule has 0 N–H and O–H groups in total. The van der Waals surface area contributed by atoms with Gasteiger partial charge >= 0.3 is 5.97 Å². The van der Waals surface area contributed by atoms with Gasteiger partial charge in [-0.25, -0.2) is 9.78 Å². The van der Waals surface area contributed by atoms with Crippen molar-refractivity contribution in [3.8, 4) is 35.5 Å². The standard InChI is InChI=1S/C27H18N2O3/c1-2-27(30)32-18-17-31-26-15-11-22(12-16-26)5-8-24-10-14-25(29-20-24)13-9-21-3-6-23(19-28)7-4-21/h2-4,6-7,10-12,14-16,20H,1,17-18H2. The quantitative estimate of drug-likeness (QED) is 0.272. The summed E-state index contributed by atoms with van der Waals surface area (Å²) < 4.78 is 10.4. The molecule has 1 heterocycles. The Balaban J connectivity index is 1.54. The van der Waals surface area contributed by atoms with Crippen molar-refractivity contribution in [1.29, 1.82) is 5.26 Å². The summed E-state index contributed by atoms with van der Waals surface area (Å²) in [5.41, 5.74) is 3.67. The van der Waals surface area contributed by atoms with Crippen molar-refractivity contribution in [3.05, 3.63) is 107 Å². The van der Waals surface area contributed by atoms with Gasteiger partial charge in [0.15, 0.2) is 0 Å². The van der Waals surface area contributed by atoms with Crippen LogP contribution in [0.15, 0.2) is 79.5 Å². The molecule has 0 aliphatic carbocycles. The van der Waals surface area contributed by atoms with Crippen LogP contribution >= 0.6 is 0 Å². The maximum Gasteiger partial charge on any atom is 0.330 e. The number of rotatable bonds is 5. The van der Waals surface area contributed by atoms with Gasteiger partial charge in [-0.05, 0) is 66.6 Å². The summed E-state index contributed by atoms with van der Waals surface area (Å²) in [6.07, 6.45) is 2.79. The predicted octanol–water partition coefficient (Wildman–Crippen LogP) is 3.86. The molecule has 0 aliphatic rings. The van der Waals surface area contributed by atoms with Crippen LogP contribution in [0.2, 0.25) is 0 Å². The van der Waals surface area contributed by atoms with Crippen LogP contribution in [0.1, 0.15) is 27.9 Å². The summed E-state index contributed by atoms with van der Waals surface area (Å²) in [4.78, 5) is 15.3. The summed E-state index contributed by atoms with van der Waals surface area (Å²) in [7, 11) is 0. The number of aromatic nitrogens is 1. The lowest BCUT2D eigenvalue weighted by molar-refractivity contribution is -0.138. The fraction of sp³-hybridized carbons (Fsp3) is 0.0741. The number of esters is 1. The summed E-state index contributed by atoms with van der Waals surface area (Å²) in [5, 5.41) is 8.82. The fourth-order valence-corrected chi connectivity index (χ4v) is 2.45. The Labute approximate surface area is 187 Å². The molecule has 0 bridgehead atoms. The van der Waals surface area contributed by atoms with Gasteiger partial charge in [0.25, 0.3) is 0 Å². The van der Waals surface area contributed by atoms with Gasteiger partial charge in [-0.2, -0.15) is 5.26 Å². The Morgan fingerprint density at radius 1 is 0.844 bits per heavy atom. The van der Waals surface area contributed by atoms with Crippen LogP contribution in [0.5, 0.6) is 5.75 Å². The van der Waals surface area contributed by atoms with Gasteiger partial charge in [-0.3, -0.25) is 0 Å². The molecular formula is C27H18N2O3. The molecule has 32 heavy (non-hydrogen) atoms. The smallest absolute Gasteiger partial charge is 0.330 e. The number of carbonyl (C=O) groups is 1. The molecule has 0 fully saturated rings. The zero-order valence-corrected chi connectivity index (χ0v) is 17.2. The first-order valence-corrected chi connectivity index (χ1v) is 9.68. The first-order valence-electron chi connectivity index (χ1n) is 9.68. The number of hydrogen-bond donors (Lipinski definition) is 0. The van der Waals surface area contributed by atoms with Crippen LogP contribution in [0.4, 0.5) is 0 Å². The molecule has 0 aliphatic heterocycles. The van der Waals surface area contributed by atoms with E-state index in [2.05, 4.69) is 41.3 Å². The second-order valence-electron chi connectivity index (χ2n) is 6.37. The van der Waals surface area contributed by atoms with Gasteiger partial charge < -0.3 is 9.47 Å². The predicted molar refractivity (Wildman–Crippen MR) is 120 cm³/mol. The Morgan fingerprint density at radius 2 is 1.44 bits per heavy atom. The number of ether oxygens (including phenoxy) is 2. The highest BCUT2D eigenvalue weighted by Crippen LogP contribution is 2.11. The Bertz CT molecular complexity index is 1250. The first-order chi connectivity index (χ1) is 15.7. The molecule has 0 amide bonds. The lowest BCUT2D eigenvalue weighted by Crippen LogP contribution is -2.10. The minimum Gasteiger partial charge on any atom is -0.490 e. The maximum atomic E-state index is 11.0. The van der Waals surface area contributed by atoms with Crippen LogP contribution < -0.4 is 4.74 Å². The van der Waals surface area contributed by atoms with Gasteiger partial charge in [0.1, 0.15) is 24.7 Å².